The van der Waals surface area contributed by atoms with Gasteiger partial charge in [-0.1, -0.05) is 0 Å². The average Bonchev–Trinajstić information content (AvgIpc) is 2.38. The quantitative estimate of drug-likeness (QED) is 0.147. The average molecular weight is 196 g/mol. The van der Waals surface area contributed by atoms with Crippen LogP contribution >= 0.6 is 0 Å². The molecule has 0 amide bonds. The van der Waals surface area contributed by atoms with Crippen LogP contribution in [0.1, 0.15) is 0 Å². The molecule has 0 atom stereocenters. The molecule has 7 heteroatoms. The van der Waals surface area contributed by atoms with Crippen LogP contribution in [0.25, 0.3) is 11.0 Å². The van der Waals surface area contributed by atoms with E-state index in [0.717, 1.165) is 12.4 Å². The highest BCUT2D eigenvalue weighted by atomic mass is 16.5. The summed E-state index contributed by atoms with van der Waals surface area (Å²) in [5.41, 5.74) is 11.0. The second kappa shape index (κ2) is 2.34. The van der Waals surface area contributed by atoms with Crippen LogP contribution in [-0.2, 0) is 0 Å². The predicted molar refractivity (Wildman–Crippen MR) is 48.6 cm³/mol. The number of anilines is 2. The Balaban J connectivity index is 3.05. The van der Waals surface area contributed by atoms with Crippen LogP contribution in [0.15, 0.2) is 12.4 Å². The molecule has 2 aromatic rings. The van der Waals surface area contributed by atoms with Gasteiger partial charge in [0.05, 0.1) is 5.69 Å². The number of hydrogen-bond donors (Lipinski definition) is 4. The normalized spacial score (nSPS) is 10.9. The topological polar surface area (TPSA) is 124 Å². The summed E-state index contributed by atoms with van der Waals surface area (Å²) in [6.45, 7) is 0. The van der Waals surface area contributed by atoms with E-state index >= 15 is 0 Å². The van der Waals surface area contributed by atoms with Crippen molar-refractivity contribution in [1.82, 2.24) is 4.73 Å². The first-order valence-electron chi connectivity index (χ1n) is 3.72. The van der Waals surface area contributed by atoms with Crippen molar-refractivity contribution in [2.75, 3.05) is 11.5 Å². The van der Waals surface area contributed by atoms with Crippen molar-refractivity contribution in [3.05, 3.63) is 17.6 Å². The van der Waals surface area contributed by atoms with E-state index < -0.39 is 0 Å². The predicted octanol–water partition coefficient (Wildman–Crippen LogP) is -0.618. The summed E-state index contributed by atoms with van der Waals surface area (Å²) < 4.78 is 0.828. The summed E-state index contributed by atoms with van der Waals surface area (Å²) in [7, 11) is 0. The number of hydrogen-bond acceptors (Lipinski definition) is 5. The first kappa shape index (κ1) is 8.30. The number of phenolic OH excluding ortho intramolecular Hbond substituents is 1. The van der Waals surface area contributed by atoms with Gasteiger partial charge < -0.3 is 27.0 Å². The Morgan fingerprint density at radius 3 is 2.71 bits per heavy atom. The lowest BCUT2D eigenvalue weighted by Gasteiger charge is -2.02. The highest BCUT2D eigenvalue weighted by Crippen LogP contribution is 2.31. The zero-order valence-corrected chi connectivity index (χ0v) is 7.01. The van der Waals surface area contributed by atoms with E-state index in [4.69, 9.17) is 11.5 Å². The largest absolute Gasteiger partial charge is 0.710 e. The number of nitrogens with two attached hydrogens (primary N) is 2. The minimum Gasteiger partial charge on any atom is -0.710 e. The molecule has 7 nitrogen and oxygen atoms in total. The molecule has 74 valence electrons. The van der Waals surface area contributed by atoms with Crippen LogP contribution in [0, 0.1) is 5.21 Å². The molecule has 0 aliphatic heterocycles. The fraction of sp³-hybridized carbons (Fsp3) is 0. The molecule has 1 heterocycles. The first-order valence-corrected chi connectivity index (χ1v) is 3.72. The highest BCUT2D eigenvalue weighted by molar-refractivity contribution is 5.95. The van der Waals surface area contributed by atoms with Crippen molar-refractivity contribution in [2.24, 2.45) is 0 Å². The molecule has 0 aliphatic rings. The van der Waals surface area contributed by atoms with Crippen molar-refractivity contribution in [3.8, 4) is 5.75 Å². The fourth-order valence-corrected chi connectivity index (χ4v) is 1.34. The third kappa shape index (κ3) is 0.830. The molecule has 2 rings (SSSR count). The monoisotopic (exact) mass is 196 g/mol. The molecule has 14 heavy (non-hydrogen) atoms. The van der Waals surface area contributed by atoms with Gasteiger partial charge in [0.25, 0.3) is 6.33 Å². The van der Waals surface area contributed by atoms with E-state index in [1.165, 1.54) is 0 Å². The maximum Gasteiger partial charge on any atom is 0.288 e. The van der Waals surface area contributed by atoms with Gasteiger partial charge in [-0.15, -0.1) is 0 Å². The maximum absolute atomic E-state index is 11.2. The van der Waals surface area contributed by atoms with Gasteiger partial charge in [0.1, 0.15) is 5.69 Å². The molecule has 0 bridgehead atoms. The number of imidazole rings is 1. The number of aromatic nitrogens is 2. The molecule has 1 aromatic heterocycles. The molecule has 1 aromatic carbocycles. The van der Waals surface area contributed by atoms with Gasteiger partial charge in [-0.3, -0.25) is 0 Å². The zero-order valence-electron chi connectivity index (χ0n) is 7.01. The van der Waals surface area contributed by atoms with Crippen LogP contribution < -0.4 is 16.2 Å². The van der Waals surface area contributed by atoms with Gasteiger partial charge in [-0.25, -0.2) is 4.73 Å². The maximum atomic E-state index is 11.2. The molecule has 0 saturated carbocycles. The standard InChI is InChI=1S/C7H8N4O3/c8-3-1-4(12)6-7(5(3)9)11(14)2-10(6)13/h1-2,12,14H,8-9H2. The summed E-state index contributed by atoms with van der Waals surface area (Å²) in [6.07, 6.45) is 0.834. The van der Waals surface area contributed by atoms with Crippen LogP contribution in [0.2, 0.25) is 0 Å². The Bertz CT molecular complexity index is 519. The van der Waals surface area contributed by atoms with Crippen LogP contribution in [0.5, 0.6) is 5.75 Å². The molecule has 6 N–H and O–H groups in total. The third-order valence-electron chi connectivity index (χ3n) is 1.99. The lowest BCUT2D eigenvalue weighted by Crippen LogP contribution is -2.23. The summed E-state index contributed by atoms with van der Waals surface area (Å²) in [5.74, 6) is -0.325. The molecular weight excluding hydrogens is 188 g/mol. The van der Waals surface area contributed by atoms with Crippen LogP contribution in [-0.4, -0.2) is 15.0 Å². The Morgan fingerprint density at radius 1 is 1.43 bits per heavy atom. The summed E-state index contributed by atoms with van der Waals surface area (Å²) in [4.78, 5) is 0. The molecular formula is C7H8N4O3. The first-order chi connectivity index (χ1) is 6.52. The summed E-state index contributed by atoms with van der Waals surface area (Å²) in [5, 5.41) is 29.8. The summed E-state index contributed by atoms with van der Waals surface area (Å²) in [6, 6.07) is 1.16. The van der Waals surface area contributed by atoms with Gasteiger partial charge in [0.15, 0.2) is 5.75 Å². The third-order valence-corrected chi connectivity index (χ3v) is 1.99. The van der Waals surface area contributed by atoms with Crippen molar-refractivity contribution >= 4 is 22.4 Å². The van der Waals surface area contributed by atoms with Gasteiger partial charge in [0, 0.05) is 6.07 Å². The van der Waals surface area contributed by atoms with E-state index in [9.17, 15) is 15.5 Å². The number of phenols is 1. The lowest BCUT2D eigenvalue weighted by molar-refractivity contribution is -0.580. The van der Waals surface area contributed by atoms with Gasteiger partial charge >= 0.3 is 0 Å². The second-order valence-corrected chi connectivity index (χ2v) is 2.88. The minimum atomic E-state index is -0.325. The smallest absolute Gasteiger partial charge is 0.288 e. The Hall–Kier alpha value is -2.31. The van der Waals surface area contributed by atoms with Gasteiger partial charge in [0.2, 0.25) is 11.0 Å². The number of benzene rings is 1. The van der Waals surface area contributed by atoms with Crippen molar-refractivity contribution in [1.29, 1.82) is 0 Å². The minimum absolute atomic E-state index is 0.00231. The molecule has 0 fully saturated rings. The van der Waals surface area contributed by atoms with E-state index in [2.05, 4.69) is 0 Å². The van der Waals surface area contributed by atoms with Crippen molar-refractivity contribution in [3.63, 3.8) is 0 Å². The molecule has 0 spiro atoms. The van der Waals surface area contributed by atoms with Crippen molar-refractivity contribution in [2.45, 2.75) is 0 Å². The summed E-state index contributed by atoms with van der Waals surface area (Å²) >= 11 is 0. The van der Waals surface area contributed by atoms with Crippen LogP contribution in [0.4, 0.5) is 11.4 Å². The Labute approximate surface area is 77.9 Å². The van der Waals surface area contributed by atoms with E-state index in [1.54, 1.807) is 0 Å². The van der Waals surface area contributed by atoms with E-state index in [-0.39, 0.29) is 28.2 Å². The Kier molecular flexibility index (Phi) is 1.39. The lowest BCUT2D eigenvalue weighted by atomic mass is 10.2. The molecule has 0 aliphatic carbocycles. The highest BCUT2D eigenvalue weighted by Gasteiger charge is 2.20. The SMILES string of the molecule is Nc1cc(O)c2c(c1N)n(O)c[n+]2[O-]. The number of aromatic hydroxyl groups is 1. The number of fused-ring (bicyclic) bond motifs is 1. The molecule has 0 radical (unpaired) electrons. The fourth-order valence-electron chi connectivity index (χ4n) is 1.34. The van der Waals surface area contributed by atoms with Gasteiger partial charge in [-0.05, 0) is 4.73 Å². The number of nitrogens with zero attached hydrogens (tertiary/aromatic N) is 2. The van der Waals surface area contributed by atoms with E-state index in [1.807, 2.05) is 0 Å². The van der Waals surface area contributed by atoms with E-state index in [0.29, 0.717) is 9.46 Å². The number of rotatable bonds is 0. The zero-order chi connectivity index (χ0) is 10.5. The van der Waals surface area contributed by atoms with Crippen LogP contribution in [0.3, 0.4) is 0 Å². The molecule has 0 unspecified atom stereocenters. The van der Waals surface area contributed by atoms with Gasteiger partial charge in [-0.2, -0.15) is 0 Å². The number of nitrogen functional groups attached to an aromatic ring is 2. The molecule has 0 saturated heterocycles. The second-order valence-electron chi connectivity index (χ2n) is 2.88. The van der Waals surface area contributed by atoms with Crippen molar-refractivity contribution < 1.29 is 15.0 Å². The Morgan fingerprint density at radius 2 is 2.07 bits per heavy atom.